The lowest BCUT2D eigenvalue weighted by Crippen LogP contribution is -2.41. The highest BCUT2D eigenvalue weighted by Gasteiger charge is 2.24. The molecule has 1 aliphatic carbocycles. The smallest absolute Gasteiger partial charge is 0.407 e. The number of hydrogen-bond acceptors (Lipinski definition) is 4. The summed E-state index contributed by atoms with van der Waals surface area (Å²) in [7, 11) is 0. The summed E-state index contributed by atoms with van der Waals surface area (Å²) in [6, 6.07) is 6.71. The van der Waals surface area contributed by atoms with Gasteiger partial charge in [0.15, 0.2) is 6.29 Å². The largest absolute Gasteiger partial charge is 0.444 e. The van der Waals surface area contributed by atoms with E-state index in [4.69, 9.17) is 4.74 Å². The van der Waals surface area contributed by atoms with Crippen LogP contribution in [0.25, 0.3) is 0 Å². The van der Waals surface area contributed by atoms with Crippen LogP contribution in [0.1, 0.15) is 67.2 Å². The molecular formula is C20H26N2O4. The van der Waals surface area contributed by atoms with Gasteiger partial charge in [-0.2, -0.15) is 0 Å². The quantitative estimate of drug-likeness (QED) is 0.655. The minimum Gasteiger partial charge on any atom is -0.444 e. The Hall–Kier alpha value is -2.50. The third-order valence-electron chi connectivity index (χ3n) is 4.21. The topological polar surface area (TPSA) is 84.8 Å². The number of rotatable bonds is 4. The molecule has 0 aromatic heterocycles. The van der Waals surface area contributed by atoms with Gasteiger partial charge < -0.3 is 10.1 Å². The summed E-state index contributed by atoms with van der Waals surface area (Å²) < 4.78 is 5.27. The SMILES string of the molecule is CC(C)(C)OC(=O)N[C@H]1CC[C@@H](C=NC(=O)c2ccccc2C=O)CC1. The van der Waals surface area contributed by atoms with Crippen LogP contribution in [0.4, 0.5) is 4.79 Å². The number of nitrogens with one attached hydrogen (secondary N) is 1. The van der Waals surface area contributed by atoms with E-state index in [1.807, 2.05) is 20.8 Å². The average molecular weight is 358 g/mol. The monoisotopic (exact) mass is 358 g/mol. The minimum atomic E-state index is -0.508. The van der Waals surface area contributed by atoms with Crippen molar-refractivity contribution in [3.05, 3.63) is 35.4 Å². The van der Waals surface area contributed by atoms with Gasteiger partial charge >= 0.3 is 6.09 Å². The number of hydrogen-bond donors (Lipinski definition) is 1. The van der Waals surface area contributed by atoms with Gasteiger partial charge in [-0.15, -0.1) is 0 Å². The van der Waals surface area contributed by atoms with E-state index in [1.54, 1.807) is 30.5 Å². The normalized spacial score (nSPS) is 20.6. The molecule has 0 atom stereocenters. The van der Waals surface area contributed by atoms with Crippen molar-refractivity contribution in [2.24, 2.45) is 10.9 Å². The lowest BCUT2D eigenvalue weighted by molar-refractivity contribution is 0.0491. The van der Waals surface area contributed by atoms with E-state index in [9.17, 15) is 14.4 Å². The van der Waals surface area contributed by atoms with Gasteiger partial charge in [0.05, 0.1) is 5.56 Å². The molecule has 0 spiro atoms. The molecule has 1 saturated carbocycles. The average Bonchev–Trinajstić information content (AvgIpc) is 2.59. The Labute approximate surface area is 154 Å². The first-order valence-corrected chi connectivity index (χ1v) is 8.91. The molecule has 0 bridgehead atoms. The van der Waals surface area contributed by atoms with Crippen molar-refractivity contribution in [3.63, 3.8) is 0 Å². The first-order valence-electron chi connectivity index (χ1n) is 8.91. The summed E-state index contributed by atoms with van der Waals surface area (Å²) in [6.45, 7) is 5.50. The second-order valence-electron chi connectivity index (χ2n) is 7.55. The van der Waals surface area contributed by atoms with Crippen LogP contribution in [0.3, 0.4) is 0 Å². The third kappa shape index (κ3) is 6.10. The molecule has 6 heteroatoms. The molecule has 2 amide bonds. The predicted molar refractivity (Wildman–Crippen MR) is 99.8 cm³/mol. The standard InChI is InChI=1S/C20H26N2O4/c1-20(2,3)26-19(25)22-16-10-8-14(9-11-16)12-21-18(24)17-7-5-4-6-15(17)13-23/h4-7,12-14,16H,8-11H2,1-3H3,(H,22,25)/t14-,16+. The molecule has 140 valence electrons. The highest BCUT2D eigenvalue weighted by atomic mass is 16.6. The minimum absolute atomic E-state index is 0.0843. The molecule has 1 fully saturated rings. The van der Waals surface area contributed by atoms with Crippen LogP contribution in [0.15, 0.2) is 29.3 Å². The summed E-state index contributed by atoms with van der Waals surface area (Å²) in [6.07, 6.45) is 5.25. The first-order chi connectivity index (χ1) is 12.3. The Balaban J connectivity index is 1.83. The third-order valence-corrected chi connectivity index (χ3v) is 4.21. The number of carbonyl (C=O) groups excluding carboxylic acids is 3. The predicted octanol–water partition coefficient (Wildman–Crippen LogP) is 3.79. The summed E-state index contributed by atoms with van der Waals surface area (Å²) in [5.41, 5.74) is 0.158. The van der Waals surface area contributed by atoms with E-state index in [0.29, 0.717) is 17.4 Å². The van der Waals surface area contributed by atoms with Gasteiger partial charge in [-0.25, -0.2) is 9.79 Å². The number of carbonyl (C=O) groups is 3. The maximum atomic E-state index is 12.2. The summed E-state index contributed by atoms with van der Waals surface area (Å²) >= 11 is 0. The van der Waals surface area contributed by atoms with Gasteiger partial charge in [0.2, 0.25) is 0 Å². The number of benzene rings is 1. The number of amides is 2. The van der Waals surface area contributed by atoms with Gasteiger partial charge in [0.1, 0.15) is 5.60 Å². The van der Waals surface area contributed by atoms with E-state index >= 15 is 0 Å². The summed E-state index contributed by atoms with van der Waals surface area (Å²) in [4.78, 5) is 39.0. The van der Waals surface area contributed by atoms with Crippen LogP contribution >= 0.6 is 0 Å². The van der Waals surface area contributed by atoms with Gasteiger partial charge in [0, 0.05) is 17.8 Å². The van der Waals surface area contributed by atoms with Crippen LogP contribution in [0, 0.1) is 5.92 Å². The lowest BCUT2D eigenvalue weighted by Gasteiger charge is -2.28. The molecule has 0 unspecified atom stereocenters. The van der Waals surface area contributed by atoms with E-state index in [1.165, 1.54) is 0 Å². The number of alkyl carbamates (subject to hydrolysis) is 1. The Kier molecular flexibility index (Phi) is 6.66. The molecule has 0 aliphatic heterocycles. The zero-order valence-electron chi connectivity index (χ0n) is 15.5. The van der Waals surface area contributed by atoms with Crippen LogP contribution in [-0.4, -0.2) is 36.1 Å². The van der Waals surface area contributed by atoms with Gasteiger partial charge in [0.25, 0.3) is 5.91 Å². The number of aliphatic imine (C=N–C) groups is 1. The van der Waals surface area contributed by atoms with Crippen molar-refractivity contribution in [2.75, 3.05) is 0 Å². The number of aldehydes is 1. The van der Waals surface area contributed by atoms with Crippen molar-refractivity contribution in [1.29, 1.82) is 0 Å². The fourth-order valence-electron chi connectivity index (χ4n) is 2.92. The fourth-order valence-corrected chi connectivity index (χ4v) is 2.92. The molecule has 0 saturated heterocycles. The van der Waals surface area contributed by atoms with Crippen LogP contribution in [0.5, 0.6) is 0 Å². The first kappa shape index (κ1) is 19.8. The molecule has 6 nitrogen and oxygen atoms in total. The maximum Gasteiger partial charge on any atom is 0.407 e. The van der Waals surface area contributed by atoms with Crippen molar-refractivity contribution in [1.82, 2.24) is 5.32 Å². The van der Waals surface area contributed by atoms with Gasteiger partial charge in [-0.3, -0.25) is 9.59 Å². The Morgan fingerprint density at radius 2 is 1.81 bits per heavy atom. The summed E-state index contributed by atoms with van der Waals surface area (Å²) in [5.74, 6) is -0.208. The molecule has 1 aliphatic rings. The van der Waals surface area contributed by atoms with E-state index in [2.05, 4.69) is 10.3 Å². The number of nitrogens with zero attached hydrogens (tertiary/aromatic N) is 1. The second-order valence-corrected chi connectivity index (χ2v) is 7.55. The van der Waals surface area contributed by atoms with E-state index < -0.39 is 17.6 Å². The highest BCUT2D eigenvalue weighted by Crippen LogP contribution is 2.23. The van der Waals surface area contributed by atoms with E-state index in [0.717, 1.165) is 25.7 Å². The zero-order valence-corrected chi connectivity index (χ0v) is 15.5. The van der Waals surface area contributed by atoms with E-state index in [-0.39, 0.29) is 12.0 Å². The lowest BCUT2D eigenvalue weighted by atomic mass is 9.87. The highest BCUT2D eigenvalue weighted by molar-refractivity contribution is 6.04. The van der Waals surface area contributed by atoms with Crippen molar-refractivity contribution >= 4 is 24.5 Å². The van der Waals surface area contributed by atoms with Crippen molar-refractivity contribution < 1.29 is 19.1 Å². The number of ether oxygens (including phenoxy) is 1. The maximum absolute atomic E-state index is 12.2. The Morgan fingerprint density at radius 3 is 2.42 bits per heavy atom. The van der Waals surface area contributed by atoms with Crippen LogP contribution < -0.4 is 5.32 Å². The Morgan fingerprint density at radius 1 is 1.15 bits per heavy atom. The molecule has 1 aromatic rings. The van der Waals surface area contributed by atoms with Crippen molar-refractivity contribution in [3.8, 4) is 0 Å². The van der Waals surface area contributed by atoms with Gasteiger partial charge in [-0.05, 0) is 58.4 Å². The fraction of sp³-hybridized carbons (Fsp3) is 0.500. The van der Waals surface area contributed by atoms with Crippen LogP contribution in [-0.2, 0) is 4.74 Å². The molecule has 1 aromatic carbocycles. The second kappa shape index (κ2) is 8.74. The van der Waals surface area contributed by atoms with Crippen LogP contribution in [0.2, 0.25) is 0 Å². The molecule has 1 N–H and O–H groups in total. The van der Waals surface area contributed by atoms with Gasteiger partial charge in [-0.1, -0.05) is 18.2 Å². The zero-order chi connectivity index (χ0) is 19.2. The van der Waals surface area contributed by atoms with Crippen molar-refractivity contribution in [2.45, 2.75) is 58.1 Å². The molecular weight excluding hydrogens is 332 g/mol. The molecule has 2 rings (SSSR count). The molecule has 0 heterocycles. The Bertz CT molecular complexity index is 683. The summed E-state index contributed by atoms with van der Waals surface area (Å²) in [5, 5.41) is 2.89. The molecule has 26 heavy (non-hydrogen) atoms. The molecule has 0 radical (unpaired) electrons.